The first-order chi connectivity index (χ1) is 6.37. The fraction of sp³-hybridized carbons (Fsp3) is 0.800. The zero-order valence-electron chi connectivity index (χ0n) is 12.9. The SMILES string of the molecule is CCCCC(C)C(C)(C(=O)O)C(=O)O.[H-].[H-].[K+].[Na+]. The number of carboxylic acid groups (broad SMARTS) is 2. The van der Waals surface area contributed by atoms with Crippen molar-refractivity contribution in [2.75, 3.05) is 0 Å². The Labute approximate surface area is 164 Å². The van der Waals surface area contributed by atoms with Gasteiger partial charge in [0.2, 0.25) is 0 Å². The van der Waals surface area contributed by atoms with Crippen LogP contribution in [0, 0.1) is 11.3 Å². The molecule has 0 fully saturated rings. The number of aliphatic carboxylic acids is 2. The van der Waals surface area contributed by atoms with E-state index in [0.717, 1.165) is 12.8 Å². The van der Waals surface area contributed by atoms with Crippen molar-refractivity contribution >= 4 is 11.9 Å². The predicted octanol–water partition coefficient (Wildman–Crippen LogP) is -3.78. The second-order valence-electron chi connectivity index (χ2n) is 3.86. The maximum atomic E-state index is 10.9. The second kappa shape index (κ2) is 10.5. The molecular formula is C10H20KNaO4. The first-order valence-electron chi connectivity index (χ1n) is 4.84. The standard InChI is InChI=1S/C10H18O4.K.Na.2H/c1-4-5-6-7(2)10(3,8(11)12)9(13)14;;;;/h7H,4-6H2,1-3H3,(H,11,12)(H,13,14);;;;/q;2*+1;2*-1. The molecule has 0 saturated carbocycles. The summed E-state index contributed by atoms with van der Waals surface area (Å²) in [6.07, 6.45) is 2.43. The van der Waals surface area contributed by atoms with E-state index in [0.29, 0.717) is 6.42 Å². The van der Waals surface area contributed by atoms with Crippen molar-refractivity contribution in [3.63, 3.8) is 0 Å². The number of hydrogen-bond donors (Lipinski definition) is 2. The molecule has 0 aliphatic carbocycles. The van der Waals surface area contributed by atoms with Crippen LogP contribution in [0.1, 0.15) is 42.9 Å². The first kappa shape index (κ1) is 22.7. The Hall–Kier alpha value is 1.58. The summed E-state index contributed by atoms with van der Waals surface area (Å²) in [4.78, 5) is 21.8. The summed E-state index contributed by atoms with van der Waals surface area (Å²) in [7, 11) is 0. The Bertz CT molecular complexity index is 228. The van der Waals surface area contributed by atoms with Gasteiger partial charge in [-0.2, -0.15) is 0 Å². The van der Waals surface area contributed by atoms with Gasteiger partial charge in [0.1, 0.15) is 0 Å². The molecule has 0 saturated heterocycles. The summed E-state index contributed by atoms with van der Waals surface area (Å²) in [6, 6.07) is 0. The van der Waals surface area contributed by atoms with Crippen LogP contribution in [-0.2, 0) is 9.59 Å². The van der Waals surface area contributed by atoms with E-state index in [1.165, 1.54) is 6.92 Å². The molecule has 0 aromatic heterocycles. The topological polar surface area (TPSA) is 74.6 Å². The number of hydrogen-bond acceptors (Lipinski definition) is 2. The molecule has 2 N–H and O–H groups in total. The molecule has 0 radical (unpaired) electrons. The molecule has 0 bridgehead atoms. The van der Waals surface area contributed by atoms with Crippen molar-refractivity contribution in [1.29, 1.82) is 0 Å². The van der Waals surface area contributed by atoms with Gasteiger partial charge >= 0.3 is 92.9 Å². The molecular weight excluding hydrogens is 246 g/mol. The second-order valence-corrected chi connectivity index (χ2v) is 3.86. The Balaban J connectivity index is -0.000000141. The van der Waals surface area contributed by atoms with Crippen LogP contribution in [0.25, 0.3) is 0 Å². The minimum absolute atomic E-state index is 0. The first-order valence-corrected chi connectivity index (χ1v) is 4.84. The Morgan fingerprint density at radius 3 is 1.94 bits per heavy atom. The molecule has 0 aliphatic rings. The average Bonchev–Trinajstić information content (AvgIpc) is 2.11. The van der Waals surface area contributed by atoms with Gasteiger partial charge in [-0.1, -0.05) is 26.7 Å². The van der Waals surface area contributed by atoms with Gasteiger partial charge in [0.15, 0.2) is 5.41 Å². The maximum absolute atomic E-state index is 10.9. The van der Waals surface area contributed by atoms with Crippen LogP contribution in [0.2, 0.25) is 0 Å². The smallest absolute Gasteiger partial charge is 1.00 e. The molecule has 16 heavy (non-hydrogen) atoms. The third-order valence-corrected chi connectivity index (χ3v) is 2.86. The molecule has 0 aliphatic heterocycles. The van der Waals surface area contributed by atoms with Crippen molar-refractivity contribution in [3.8, 4) is 0 Å². The molecule has 0 amide bonds. The van der Waals surface area contributed by atoms with E-state index in [9.17, 15) is 9.59 Å². The van der Waals surface area contributed by atoms with Gasteiger partial charge in [0.05, 0.1) is 0 Å². The Morgan fingerprint density at radius 2 is 1.69 bits per heavy atom. The fourth-order valence-electron chi connectivity index (χ4n) is 1.31. The summed E-state index contributed by atoms with van der Waals surface area (Å²) in [5.41, 5.74) is -1.66. The minimum Gasteiger partial charge on any atom is -1.00 e. The van der Waals surface area contributed by atoms with Gasteiger partial charge in [-0.25, -0.2) is 0 Å². The van der Waals surface area contributed by atoms with E-state index < -0.39 is 17.4 Å². The molecule has 1 unspecified atom stereocenters. The van der Waals surface area contributed by atoms with Gasteiger partial charge in [-0.15, -0.1) is 0 Å². The molecule has 0 aromatic carbocycles. The number of carbonyl (C=O) groups is 2. The van der Waals surface area contributed by atoms with Crippen LogP contribution in [0.15, 0.2) is 0 Å². The number of unbranched alkanes of at least 4 members (excludes halogenated alkanes) is 1. The molecule has 6 heteroatoms. The van der Waals surface area contributed by atoms with Gasteiger partial charge in [-0.05, 0) is 19.3 Å². The summed E-state index contributed by atoms with van der Waals surface area (Å²) in [5.74, 6) is -2.86. The van der Waals surface area contributed by atoms with E-state index in [4.69, 9.17) is 10.2 Å². The Kier molecular flexibility index (Phi) is 14.9. The van der Waals surface area contributed by atoms with Gasteiger partial charge < -0.3 is 13.1 Å². The average molecular weight is 266 g/mol. The van der Waals surface area contributed by atoms with Gasteiger partial charge in [0.25, 0.3) is 0 Å². The van der Waals surface area contributed by atoms with Crippen molar-refractivity contribution < 1.29 is 104 Å². The molecule has 0 aromatic rings. The fourth-order valence-corrected chi connectivity index (χ4v) is 1.31. The Morgan fingerprint density at radius 1 is 1.31 bits per heavy atom. The molecule has 1 atom stereocenters. The zero-order valence-corrected chi connectivity index (χ0v) is 16.0. The molecule has 4 nitrogen and oxygen atoms in total. The predicted molar refractivity (Wildman–Crippen MR) is 54.3 cm³/mol. The van der Waals surface area contributed by atoms with Crippen LogP contribution < -0.4 is 80.9 Å². The largest absolute Gasteiger partial charge is 1.00 e. The minimum atomic E-state index is -1.66. The van der Waals surface area contributed by atoms with E-state index >= 15 is 0 Å². The maximum Gasteiger partial charge on any atom is 1.00 e. The van der Waals surface area contributed by atoms with Crippen LogP contribution in [0.5, 0.6) is 0 Å². The van der Waals surface area contributed by atoms with Gasteiger partial charge in [0, 0.05) is 0 Å². The molecule has 86 valence electrons. The third kappa shape index (κ3) is 5.95. The normalized spacial score (nSPS) is 11.9. The number of rotatable bonds is 6. The van der Waals surface area contributed by atoms with Crippen molar-refractivity contribution in [2.45, 2.75) is 40.0 Å². The summed E-state index contributed by atoms with van der Waals surface area (Å²) < 4.78 is 0. The summed E-state index contributed by atoms with van der Waals surface area (Å²) >= 11 is 0. The van der Waals surface area contributed by atoms with Crippen molar-refractivity contribution in [1.82, 2.24) is 0 Å². The monoisotopic (exact) mass is 266 g/mol. The van der Waals surface area contributed by atoms with E-state index in [1.54, 1.807) is 6.92 Å². The van der Waals surface area contributed by atoms with E-state index in [2.05, 4.69) is 0 Å². The van der Waals surface area contributed by atoms with Crippen molar-refractivity contribution in [2.24, 2.45) is 11.3 Å². The van der Waals surface area contributed by atoms with Crippen LogP contribution in [0.3, 0.4) is 0 Å². The van der Waals surface area contributed by atoms with E-state index in [1.807, 2.05) is 6.92 Å². The number of carboxylic acids is 2. The molecule has 0 spiro atoms. The van der Waals surface area contributed by atoms with Crippen molar-refractivity contribution in [3.05, 3.63) is 0 Å². The van der Waals surface area contributed by atoms with Gasteiger partial charge in [-0.3, -0.25) is 9.59 Å². The third-order valence-electron chi connectivity index (χ3n) is 2.86. The quantitative estimate of drug-likeness (QED) is 0.382. The summed E-state index contributed by atoms with van der Waals surface area (Å²) in [6.45, 7) is 4.95. The molecule has 0 rings (SSSR count). The van der Waals surface area contributed by atoms with Crippen LogP contribution >= 0.6 is 0 Å². The summed E-state index contributed by atoms with van der Waals surface area (Å²) in [5, 5.41) is 17.8. The molecule has 0 heterocycles. The zero-order chi connectivity index (χ0) is 11.4. The van der Waals surface area contributed by atoms with Crippen LogP contribution in [-0.4, -0.2) is 22.2 Å². The van der Waals surface area contributed by atoms with E-state index in [-0.39, 0.29) is 89.7 Å². The van der Waals surface area contributed by atoms with Crippen LogP contribution in [0.4, 0.5) is 0 Å².